The van der Waals surface area contributed by atoms with E-state index in [0.29, 0.717) is 36.5 Å². The van der Waals surface area contributed by atoms with Gasteiger partial charge in [0.15, 0.2) is 9.84 Å². The van der Waals surface area contributed by atoms with Crippen LogP contribution in [0.5, 0.6) is 0 Å². The summed E-state index contributed by atoms with van der Waals surface area (Å²) < 4.78 is 34.5. The van der Waals surface area contributed by atoms with Crippen molar-refractivity contribution in [1.29, 1.82) is 0 Å². The van der Waals surface area contributed by atoms with Crippen molar-refractivity contribution in [2.24, 2.45) is 0 Å². The number of hydrogen-bond donors (Lipinski definition) is 1. The highest BCUT2D eigenvalue weighted by Crippen LogP contribution is 2.39. The molecule has 0 aliphatic carbocycles. The van der Waals surface area contributed by atoms with Crippen LogP contribution in [0.4, 0.5) is 15.3 Å². The van der Waals surface area contributed by atoms with E-state index < -0.39 is 22.0 Å². The summed E-state index contributed by atoms with van der Waals surface area (Å²) >= 11 is 13.3. The van der Waals surface area contributed by atoms with Crippen molar-refractivity contribution in [3.05, 3.63) is 34.7 Å². The number of aryl methyl sites for hydroxylation is 1. The third-order valence-corrected chi connectivity index (χ3v) is 7.56. The highest BCUT2D eigenvalue weighted by molar-refractivity contribution is 7.91. The van der Waals surface area contributed by atoms with Crippen LogP contribution in [0.25, 0.3) is 10.4 Å². The minimum Gasteiger partial charge on any atom is -0.448 e. The molecule has 2 saturated heterocycles. The van der Waals surface area contributed by atoms with Gasteiger partial charge in [0.1, 0.15) is 12.7 Å². The molecule has 4 rings (SSSR count). The number of halogens is 2. The largest absolute Gasteiger partial charge is 0.448 e. The van der Waals surface area contributed by atoms with Crippen LogP contribution < -0.4 is 10.2 Å². The van der Waals surface area contributed by atoms with Crippen molar-refractivity contribution in [1.82, 2.24) is 5.32 Å². The fourth-order valence-electron chi connectivity index (χ4n) is 3.28. The van der Waals surface area contributed by atoms with Gasteiger partial charge in [-0.1, -0.05) is 0 Å². The number of carbonyl (C=O) groups is 2. The highest BCUT2D eigenvalue weighted by atomic mass is 35.5. The predicted octanol–water partition coefficient (Wildman–Crippen LogP) is 4.16. The Morgan fingerprint density at radius 1 is 1.25 bits per heavy atom. The van der Waals surface area contributed by atoms with Gasteiger partial charge in [-0.2, -0.15) is 0 Å². The smallest absolute Gasteiger partial charge is 0.414 e. The molecule has 174 valence electrons. The number of carbonyl (C=O) groups excluding carboxylic acids is 2. The molecule has 2 amide bonds. The van der Waals surface area contributed by atoms with Crippen molar-refractivity contribution in [3.8, 4) is 10.4 Å². The van der Waals surface area contributed by atoms with Crippen molar-refractivity contribution >= 4 is 62.2 Å². The summed E-state index contributed by atoms with van der Waals surface area (Å²) in [5.74, 6) is 0.207. The Bertz CT molecular complexity index is 1110. The Labute approximate surface area is 200 Å². The molecule has 2 aliphatic rings. The number of hydrogen-bond acceptors (Lipinski definition) is 7. The molecule has 1 aromatic carbocycles. The monoisotopic (exact) mass is 520 g/mol. The number of nitrogens with zero attached hydrogens (tertiary/aromatic N) is 1. The van der Waals surface area contributed by atoms with Crippen LogP contribution in [0, 0.1) is 6.92 Å². The summed E-state index contributed by atoms with van der Waals surface area (Å²) in [6.45, 7) is 3.44. The van der Waals surface area contributed by atoms with Gasteiger partial charge in [-0.15, -0.1) is 34.5 Å². The van der Waals surface area contributed by atoms with Crippen LogP contribution in [0.1, 0.15) is 11.1 Å². The molecule has 0 radical (unpaired) electrons. The van der Waals surface area contributed by atoms with Gasteiger partial charge in [0.25, 0.3) is 0 Å². The predicted molar refractivity (Wildman–Crippen MR) is 125 cm³/mol. The first kappa shape index (κ1) is 24.6. The molecular formula is C20H22Cl2N2O6S2. The molecule has 1 N–H and O–H groups in total. The fraction of sp³-hybridized carbons (Fsp3) is 0.400. The normalized spacial score (nSPS) is 18.0. The van der Waals surface area contributed by atoms with Crippen molar-refractivity contribution in [2.45, 2.75) is 23.8 Å². The molecule has 0 bridgehead atoms. The molecule has 0 saturated carbocycles. The number of rotatable bonds is 5. The molecular weight excluding hydrogens is 499 g/mol. The molecule has 2 fully saturated rings. The summed E-state index contributed by atoms with van der Waals surface area (Å²) in [6.07, 6.45) is -0.0346. The van der Waals surface area contributed by atoms with Crippen LogP contribution in [-0.4, -0.2) is 58.5 Å². The molecule has 1 unspecified atom stereocenters. The number of amides is 2. The molecule has 32 heavy (non-hydrogen) atoms. The third kappa shape index (κ3) is 5.67. The van der Waals surface area contributed by atoms with Crippen molar-refractivity contribution in [3.63, 3.8) is 0 Å². The van der Waals surface area contributed by atoms with Crippen molar-refractivity contribution in [2.75, 3.05) is 36.7 Å². The van der Waals surface area contributed by atoms with E-state index in [1.165, 1.54) is 16.2 Å². The SMILES string of the molecule is Cc1csc(-c2cc(N3CC(CCl)OC3=O)cc(CCl)c2S(C)(=O)=O)c1.O=C1NCCO1. The fourth-order valence-corrected chi connectivity index (χ4v) is 5.89. The average molecular weight is 521 g/mol. The summed E-state index contributed by atoms with van der Waals surface area (Å²) in [5.41, 5.74) is 2.58. The summed E-state index contributed by atoms with van der Waals surface area (Å²) in [7, 11) is -3.52. The third-order valence-electron chi connectivity index (χ3n) is 4.62. The van der Waals surface area contributed by atoms with Crippen LogP contribution in [0.15, 0.2) is 28.5 Å². The van der Waals surface area contributed by atoms with Gasteiger partial charge in [-0.05, 0) is 41.6 Å². The zero-order valence-electron chi connectivity index (χ0n) is 17.4. The molecule has 1 atom stereocenters. The number of anilines is 1. The van der Waals surface area contributed by atoms with Gasteiger partial charge in [0, 0.05) is 28.3 Å². The number of benzene rings is 1. The number of alkyl carbamates (subject to hydrolysis) is 1. The lowest BCUT2D eigenvalue weighted by Gasteiger charge is -2.18. The zero-order chi connectivity index (χ0) is 23.5. The molecule has 8 nitrogen and oxygen atoms in total. The number of thiophene rings is 1. The lowest BCUT2D eigenvalue weighted by atomic mass is 10.1. The Kier molecular flexibility index (Phi) is 7.92. The highest BCUT2D eigenvalue weighted by Gasteiger charge is 2.33. The first-order chi connectivity index (χ1) is 15.1. The molecule has 1 aromatic heterocycles. The van der Waals surface area contributed by atoms with Crippen LogP contribution in [0.3, 0.4) is 0 Å². The Hall–Kier alpha value is -2.01. The van der Waals surface area contributed by atoms with Gasteiger partial charge in [-0.3, -0.25) is 4.90 Å². The Morgan fingerprint density at radius 3 is 2.44 bits per heavy atom. The summed E-state index contributed by atoms with van der Waals surface area (Å²) in [5, 5.41) is 4.40. The Morgan fingerprint density at radius 2 is 2.00 bits per heavy atom. The zero-order valence-corrected chi connectivity index (χ0v) is 20.5. The maximum absolute atomic E-state index is 12.4. The number of cyclic esters (lactones) is 2. The maximum atomic E-state index is 12.4. The molecule has 2 aliphatic heterocycles. The number of sulfone groups is 1. The molecule has 12 heteroatoms. The maximum Gasteiger partial charge on any atom is 0.414 e. The Balaban J connectivity index is 0.000000416. The van der Waals surface area contributed by atoms with Gasteiger partial charge < -0.3 is 14.8 Å². The van der Waals surface area contributed by atoms with Gasteiger partial charge in [0.2, 0.25) is 0 Å². The number of alkyl halides is 2. The second kappa shape index (κ2) is 10.3. The molecule has 2 aromatic rings. The lowest BCUT2D eigenvalue weighted by Crippen LogP contribution is -2.25. The van der Waals surface area contributed by atoms with E-state index in [0.717, 1.165) is 16.7 Å². The van der Waals surface area contributed by atoms with Crippen LogP contribution in [0.2, 0.25) is 0 Å². The van der Waals surface area contributed by atoms with E-state index in [9.17, 15) is 18.0 Å². The number of ether oxygens (including phenoxy) is 2. The van der Waals surface area contributed by atoms with Gasteiger partial charge >= 0.3 is 12.2 Å². The summed E-state index contributed by atoms with van der Waals surface area (Å²) in [6, 6.07) is 5.25. The molecule has 0 spiro atoms. The van der Waals surface area contributed by atoms with E-state index >= 15 is 0 Å². The molecule has 3 heterocycles. The van der Waals surface area contributed by atoms with Gasteiger partial charge in [0.05, 0.1) is 23.9 Å². The van der Waals surface area contributed by atoms with Crippen LogP contribution >= 0.6 is 34.5 Å². The second-order valence-electron chi connectivity index (χ2n) is 7.21. The summed E-state index contributed by atoms with van der Waals surface area (Å²) in [4.78, 5) is 24.5. The van der Waals surface area contributed by atoms with E-state index in [-0.39, 0.29) is 22.7 Å². The topological polar surface area (TPSA) is 102 Å². The average Bonchev–Trinajstić information content (AvgIpc) is 3.48. The van der Waals surface area contributed by atoms with Gasteiger partial charge in [-0.25, -0.2) is 18.0 Å². The minimum absolute atomic E-state index is 0.00935. The minimum atomic E-state index is -3.52. The van der Waals surface area contributed by atoms with E-state index in [1.54, 1.807) is 12.1 Å². The second-order valence-corrected chi connectivity index (χ2v) is 10.6. The first-order valence-electron chi connectivity index (χ1n) is 9.57. The first-order valence-corrected chi connectivity index (χ1v) is 13.4. The number of nitrogens with one attached hydrogen (secondary N) is 1. The quantitative estimate of drug-likeness (QED) is 0.593. The van der Waals surface area contributed by atoms with E-state index in [4.69, 9.17) is 27.9 Å². The van der Waals surface area contributed by atoms with E-state index in [2.05, 4.69) is 10.1 Å². The van der Waals surface area contributed by atoms with E-state index in [1.807, 2.05) is 18.4 Å². The standard InChI is InChI=1S/C17H17Cl2NO4S2.C3H5NO2/c1-10-3-15(25-9-10)14-5-12(20-8-13(7-19)24-17(20)21)4-11(6-18)16(14)26(2,22)23;5-3-4-1-2-6-3/h3-5,9,13H,6-8H2,1-2H3;1-2H2,(H,4,5). The lowest BCUT2D eigenvalue weighted by molar-refractivity contribution is 0.151. The van der Waals surface area contributed by atoms with Crippen molar-refractivity contribution < 1.29 is 27.5 Å². The van der Waals surface area contributed by atoms with Crippen LogP contribution in [-0.2, 0) is 25.2 Å².